The molecule has 2 amide bonds. The first-order valence-corrected chi connectivity index (χ1v) is 24.7. The molecule has 2 saturated carbocycles. The van der Waals surface area contributed by atoms with Gasteiger partial charge in [-0.25, -0.2) is 9.59 Å². The second kappa shape index (κ2) is 24.9. The molecule has 7 rings (SSSR count). The van der Waals surface area contributed by atoms with Crippen LogP contribution in [0.25, 0.3) is 11.4 Å². The molecule has 0 radical (unpaired) electrons. The summed E-state index contributed by atoms with van der Waals surface area (Å²) < 4.78 is 12.0. The number of piperidine rings is 1. The van der Waals surface area contributed by atoms with E-state index >= 15 is 0 Å². The predicted molar refractivity (Wildman–Crippen MR) is 259 cm³/mol. The molecule has 3 aliphatic rings. The fourth-order valence-corrected chi connectivity index (χ4v) is 9.53. The van der Waals surface area contributed by atoms with Crippen molar-refractivity contribution in [2.24, 2.45) is 0 Å². The van der Waals surface area contributed by atoms with Gasteiger partial charge in [-0.15, -0.1) is 0 Å². The molecule has 16 nitrogen and oxygen atoms in total. The normalized spacial score (nSPS) is 18.0. The molecule has 67 heavy (non-hydrogen) atoms. The molecule has 2 aliphatic carbocycles. The van der Waals surface area contributed by atoms with Crippen molar-refractivity contribution in [3.8, 4) is 11.4 Å². The van der Waals surface area contributed by atoms with Gasteiger partial charge in [0.05, 0.1) is 62.6 Å². The Morgan fingerprint density at radius 3 is 1.82 bits per heavy atom. The summed E-state index contributed by atoms with van der Waals surface area (Å²) in [7, 11) is 0. The van der Waals surface area contributed by atoms with Gasteiger partial charge in [0.2, 0.25) is 0 Å². The fraction of sp³-hybridized carbons (Fsp3) is 0.592. The summed E-state index contributed by atoms with van der Waals surface area (Å²) in [6, 6.07) is 9.77. The Labute approximate surface area is 402 Å². The zero-order valence-corrected chi connectivity index (χ0v) is 40.2. The second-order valence-electron chi connectivity index (χ2n) is 18.5. The number of rotatable bonds is 17. The molecule has 1 saturated heterocycles. The van der Waals surface area contributed by atoms with Gasteiger partial charge in [-0.3, -0.25) is 27.9 Å². The van der Waals surface area contributed by atoms with Crippen LogP contribution >= 0.6 is 23.2 Å². The van der Waals surface area contributed by atoms with Crippen LogP contribution in [0.1, 0.15) is 129 Å². The molecule has 2 aromatic heterocycles. The number of benzene rings is 2. The Morgan fingerprint density at radius 1 is 0.776 bits per heavy atom. The molecule has 4 aromatic rings. The van der Waals surface area contributed by atoms with E-state index in [0.717, 1.165) is 83.7 Å². The maximum atomic E-state index is 12.9. The van der Waals surface area contributed by atoms with Gasteiger partial charge >= 0.3 is 11.4 Å². The number of nitrogens with zero attached hydrogens (tertiary/aromatic N) is 4. The summed E-state index contributed by atoms with van der Waals surface area (Å²) in [6.07, 6.45) is 18.5. The largest absolute Gasteiger partial charge is 0.394 e. The lowest BCUT2D eigenvalue weighted by molar-refractivity contribution is 0.0245. The molecule has 0 spiro atoms. The molecular formula is C49H69Cl2N7O9. The number of aliphatic hydroxyl groups excluding tert-OH is 2. The zero-order valence-electron chi connectivity index (χ0n) is 38.7. The van der Waals surface area contributed by atoms with Crippen molar-refractivity contribution < 1.29 is 34.8 Å². The maximum absolute atomic E-state index is 12.9. The van der Waals surface area contributed by atoms with Crippen LogP contribution in [0.2, 0.25) is 10.0 Å². The van der Waals surface area contributed by atoms with E-state index in [0.29, 0.717) is 67.0 Å². The minimum atomic E-state index is -0.902. The number of aryl methyl sites for hydroxylation is 2. The Hall–Kier alpha value is -4.26. The van der Waals surface area contributed by atoms with Crippen LogP contribution in [0.15, 0.2) is 64.6 Å². The van der Waals surface area contributed by atoms with Crippen LogP contribution in [0, 0.1) is 6.92 Å². The van der Waals surface area contributed by atoms with E-state index < -0.39 is 23.2 Å². The summed E-state index contributed by atoms with van der Waals surface area (Å²) in [5, 5.41) is 49.8. The summed E-state index contributed by atoms with van der Waals surface area (Å²) in [5.41, 5.74) is 0.0115. The van der Waals surface area contributed by atoms with E-state index in [1.54, 1.807) is 66.5 Å². The van der Waals surface area contributed by atoms with Crippen LogP contribution in [-0.2, 0) is 17.8 Å². The molecular weight excluding hydrogens is 901 g/mol. The Morgan fingerprint density at radius 2 is 1.30 bits per heavy atom. The first-order valence-electron chi connectivity index (χ1n) is 24.0. The van der Waals surface area contributed by atoms with Gasteiger partial charge in [-0.2, -0.15) is 0 Å². The molecule has 0 bridgehead atoms. The van der Waals surface area contributed by atoms with Crippen molar-refractivity contribution >= 4 is 35.0 Å². The number of amides is 2. The molecule has 7 N–H and O–H groups in total. The number of carbonyl (C=O) groups excluding carboxylic acids is 2. The van der Waals surface area contributed by atoms with Crippen LogP contribution in [0.4, 0.5) is 0 Å². The average molecular weight is 971 g/mol. The third kappa shape index (κ3) is 14.6. The monoisotopic (exact) mass is 969 g/mol. The number of halogens is 2. The molecule has 2 aromatic carbocycles. The van der Waals surface area contributed by atoms with Gasteiger partial charge in [0.25, 0.3) is 11.8 Å². The number of aromatic nitrogens is 4. The van der Waals surface area contributed by atoms with E-state index in [1.807, 2.05) is 0 Å². The van der Waals surface area contributed by atoms with Crippen LogP contribution < -0.4 is 27.3 Å². The number of nitrogens with one attached hydrogen (secondary N) is 3. The minimum absolute atomic E-state index is 0.162. The zero-order chi connectivity index (χ0) is 48.0. The molecule has 1 aliphatic heterocycles. The highest BCUT2D eigenvalue weighted by Gasteiger charge is 2.30. The van der Waals surface area contributed by atoms with E-state index in [9.17, 15) is 34.5 Å². The van der Waals surface area contributed by atoms with Crippen molar-refractivity contribution in [3.05, 3.63) is 103 Å². The number of hydrogen-bond donors (Lipinski definition) is 7. The van der Waals surface area contributed by atoms with Gasteiger partial charge in [0, 0.05) is 57.1 Å². The smallest absolute Gasteiger partial charge is 0.332 e. The minimum Gasteiger partial charge on any atom is -0.394 e. The maximum Gasteiger partial charge on any atom is 0.332 e. The van der Waals surface area contributed by atoms with Gasteiger partial charge < -0.3 is 41.1 Å². The number of hydrogen-bond acceptors (Lipinski definition) is 10. The van der Waals surface area contributed by atoms with Gasteiger partial charge in [0.15, 0.2) is 0 Å². The van der Waals surface area contributed by atoms with Crippen molar-refractivity contribution in [1.29, 1.82) is 0 Å². The highest BCUT2D eigenvalue weighted by molar-refractivity contribution is 6.34. The van der Waals surface area contributed by atoms with E-state index in [2.05, 4.69) is 16.0 Å². The topological polar surface area (TPSA) is 214 Å². The molecule has 368 valence electrons. The molecule has 18 heteroatoms. The Kier molecular flexibility index (Phi) is 19.3. The third-order valence-electron chi connectivity index (χ3n) is 13.3. The lowest BCUT2D eigenvalue weighted by Gasteiger charge is -2.27. The third-order valence-corrected chi connectivity index (χ3v) is 13.9. The highest BCUT2D eigenvalue weighted by Crippen LogP contribution is 2.29. The van der Waals surface area contributed by atoms with Crippen molar-refractivity contribution in [2.45, 2.75) is 146 Å². The van der Waals surface area contributed by atoms with E-state index in [4.69, 9.17) is 33.0 Å². The van der Waals surface area contributed by atoms with Crippen molar-refractivity contribution in [1.82, 2.24) is 34.2 Å². The summed E-state index contributed by atoms with van der Waals surface area (Å²) in [5.74, 6) is -0.748. The van der Waals surface area contributed by atoms with E-state index in [1.165, 1.54) is 13.7 Å². The number of ether oxygens (including phenoxy) is 1. The lowest BCUT2D eigenvalue weighted by atomic mass is 9.94. The second-order valence-corrected chi connectivity index (χ2v) is 19.3. The summed E-state index contributed by atoms with van der Waals surface area (Å²) in [4.78, 5) is 51.6. The van der Waals surface area contributed by atoms with Crippen molar-refractivity contribution in [3.63, 3.8) is 0 Å². The molecule has 3 fully saturated rings. The molecule has 3 heterocycles. The Bertz CT molecular complexity index is 2350. The van der Waals surface area contributed by atoms with Crippen molar-refractivity contribution in [2.75, 3.05) is 39.4 Å². The lowest BCUT2D eigenvalue weighted by Crippen LogP contribution is -2.42. The standard InChI is InChI=1S/C26H37ClN4O4.C23H32ClN3O5/c27-23-7-6-20(18-22(23)24(32)29-19-26(34)10-3-1-2-4-11-26)31-16-15-30(25(31)33)14-5-17-35-21-8-12-28-13-9-21;1-16-13-27(22(31)26(16)11-8-18(29)14-28)17-6-7-20(24)19(12-17)21(30)25-15-23(32)9-4-2-3-5-10-23/h6-7,15-16,18,21,28,34H,1-5,8-14,17,19H2,(H,29,32);6-7,12-13,18,28-29,32H,2-5,8-11,14-15H2,1H3,(H,25,30). The number of aliphatic hydroxyl groups is 4. The SMILES string of the molecule is Cc1cn(-c2ccc(Cl)c(C(=O)NCC3(O)CCCCCC3)c2)c(=O)n1CCC(O)CO.O=C(NCC1(O)CCCCCC1)c1cc(-n2ccn(CCCOC3CCNCC3)c2=O)ccc1Cl. The average Bonchev–Trinajstić information content (AvgIpc) is 3.60. The highest BCUT2D eigenvalue weighted by atomic mass is 35.5. The van der Waals surface area contributed by atoms with Gasteiger partial charge in [-0.1, -0.05) is 74.6 Å². The Balaban J connectivity index is 0.000000222. The fourth-order valence-electron chi connectivity index (χ4n) is 9.13. The summed E-state index contributed by atoms with van der Waals surface area (Å²) in [6.45, 7) is 5.22. The number of carbonyl (C=O) groups is 2. The first-order chi connectivity index (χ1) is 32.2. The summed E-state index contributed by atoms with van der Waals surface area (Å²) >= 11 is 12.6. The van der Waals surface area contributed by atoms with Gasteiger partial charge in [0.1, 0.15) is 0 Å². The quantitative estimate of drug-likeness (QED) is 0.0527. The van der Waals surface area contributed by atoms with Gasteiger partial charge in [-0.05, 0) is 108 Å². The first kappa shape index (κ1) is 52.1. The number of imidazole rings is 2. The molecule has 1 unspecified atom stereocenters. The van der Waals surface area contributed by atoms with Crippen LogP contribution in [-0.4, -0.2) is 113 Å². The van der Waals surface area contributed by atoms with Crippen LogP contribution in [0.5, 0.6) is 0 Å². The van der Waals surface area contributed by atoms with E-state index in [-0.39, 0.29) is 66.1 Å². The predicted octanol–water partition coefficient (Wildman–Crippen LogP) is 5.43. The molecule has 1 atom stereocenters. The van der Waals surface area contributed by atoms with Crippen LogP contribution in [0.3, 0.4) is 0 Å².